The van der Waals surface area contributed by atoms with Crippen molar-refractivity contribution in [3.05, 3.63) is 24.3 Å². The molecule has 2 rings (SSSR count). The topological polar surface area (TPSA) is 106 Å². The molecule has 3 N–H and O–H groups in total. The van der Waals surface area contributed by atoms with Gasteiger partial charge >= 0.3 is 0 Å². The molecule has 160 valence electrons. The number of aromatic nitrogens is 2. The Morgan fingerprint density at radius 2 is 2.00 bits per heavy atom. The zero-order valence-corrected chi connectivity index (χ0v) is 17.7. The Morgan fingerprint density at radius 3 is 2.79 bits per heavy atom. The van der Waals surface area contributed by atoms with Gasteiger partial charge in [0, 0.05) is 37.0 Å². The number of carbonyl (C=O) groups is 1. The van der Waals surface area contributed by atoms with Crippen LogP contribution in [0, 0.1) is 0 Å². The minimum atomic E-state index is -0.558. The summed E-state index contributed by atoms with van der Waals surface area (Å²) in [6, 6.07) is 7.46. The zero-order chi connectivity index (χ0) is 20.9. The van der Waals surface area contributed by atoms with Crippen molar-refractivity contribution in [2.24, 2.45) is 0 Å². The predicted octanol–water partition coefficient (Wildman–Crippen LogP) is 1.57. The number of aliphatic hydroxyl groups is 1. The predicted molar refractivity (Wildman–Crippen MR) is 115 cm³/mol. The highest BCUT2D eigenvalue weighted by Gasteiger charge is 2.10. The third kappa shape index (κ3) is 8.53. The lowest BCUT2D eigenvalue weighted by Crippen LogP contribution is -2.38. The van der Waals surface area contributed by atoms with Crippen molar-refractivity contribution in [1.82, 2.24) is 20.8 Å². The quantitative estimate of drug-likeness (QED) is 0.270. The second kappa shape index (κ2) is 13.3. The van der Waals surface area contributed by atoms with Gasteiger partial charge in [-0.15, -0.1) is 22.8 Å². The van der Waals surface area contributed by atoms with Gasteiger partial charge in [-0.3, -0.25) is 4.79 Å². The van der Waals surface area contributed by atoms with Crippen molar-refractivity contribution >= 4 is 29.3 Å². The molecule has 1 aromatic carbocycles. The molecule has 0 aliphatic rings. The van der Waals surface area contributed by atoms with Gasteiger partial charge in [-0.1, -0.05) is 38.0 Å². The van der Waals surface area contributed by atoms with Gasteiger partial charge in [-0.25, -0.2) is 0 Å². The van der Waals surface area contributed by atoms with E-state index in [1.165, 1.54) is 0 Å². The lowest BCUT2D eigenvalue weighted by atomic mass is 10.2. The highest BCUT2D eigenvalue weighted by atomic mass is 32.1. The van der Waals surface area contributed by atoms with E-state index in [-0.39, 0.29) is 12.5 Å². The Hall–Kier alpha value is -1.94. The first-order valence-electron chi connectivity index (χ1n) is 9.92. The smallest absolute Gasteiger partial charge is 0.258 e. The number of rotatable bonds is 14. The summed E-state index contributed by atoms with van der Waals surface area (Å²) in [6.45, 7) is 4.36. The fourth-order valence-corrected chi connectivity index (χ4v) is 2.89. The molecule has 1 unspecified atom stereocenters. The van der Waals surface area contributed by atoms with Crippen molar-refractivity contribution in [3.63, 3.8) is 0 Å². The van der Waals surface area contributed by atoms with Gasteiger partial charge in [0.1, 0.15) is 5.03 Å². The largest absolute Gasteiger partial charge is 0.466 e. The summed E-state index contributed by atoms with van der Waals surface area (Å²) in [5.74, 6) is 0.0428. The van der Waals surface area contributed by atoms with Crippen LogP contribution >= 0.6 is 12.6 Å². The van der Waals surface area contributed by atoms with Crippen molar-refractivity contribution < 1.29 is 19.4 Å². The maximum Gasteiger partial charge on any atom is 0.258 e. The van der Waals surface area contributed by atoms with E-state index in [4.69, 9.17) is 9.47 Å². The van der Waals surface area contributed by atoms with E-state index in [0.29, 0.717) is 43.8 Å². The molecule has 1 amide bonds. The molecular weight excluding hydrogens is 392 g/mol. The van der Waals surface area contributed by atoms with Gasteiger partial charge in [0.05, 0.1) is 12.7 Å². The molecule has 0 aliphatic carbocycles. The molecule has 0 aliphatic heterocycles. The van der Waals surface area contributed by atoms with Crippen LogP contribution in [0.2, 0.25) is 0 Å². The normalized spacial score (nSPS) is 12.1. The Kier molecular flexibility index (Phi) is 10.7. The standard InChI is InChI=1S/C20H30N4O4S/c1-2-3-6-11-27-13-15(25)12-21-9-10-22-18(26)14-28-19-16-7-4-5-8-17(16)20(29)24-23-19/h4-5,7-8,15,21,25H,2-3,6,9-14H2,1H3,(H,22,26)(H,24,29). The first-order valence-corrected chi connectivity index (χ1v) is 10.4. The summed E-state index contributed by atoms with van der Waals surface area (Å²) in [5.41, 5.74) is 0. The fraction of sp³-hybridized carbons (Fsp3) is 0.550. The molecule has 1 heterocycles. The lowest BCUT2D eigenvalue weighted by Gasteiger charge is -2.13. The molecule has 1 atom stereocenters. The molecule has 2 aromatic rings. The van der Waals surface area contributed by atoms with E-state index in [9.17, 15) is 9.90 Å². The Bertz CT molecular complexity index is 762. The zero-order valence-electron chi connectivity index (χ0n) is 16.8. The van der Waals surface area contributed by atoms with Gasteiger partial charge in [-0.05, 0) is 12.5 Å². The Balaban J connectivity index is 1.58. The summed E-state index contributed by atoms with van der Waals surface area (Å²) in [7, 11) is 0. The lowest BCUT2D eigenvalue weighted by molar-refractivity contribution is -0.123. The molecule has 8 nitrogen and oxygen atoms in total. The van der Waals surface area contributed by atoms with Crippen LogP contribution in [0.25, 0.3) is 10.8 Å². The van der Waals surface area contributed by atoms with Crippen molar-refractivity contribution in [3.8, 4) is 5.88 Å². The molecule has 0 fully saturated rings. The summed E-state index contributed by atoms with van der Waals surface area (Å²) in [5, 5.41) is 25.6. The maximum absolute atomic E-state index is 11.9. The molecule has 0 radical (unpaired) electrons. The molecule has 0 spiro atoms. The third-order valence-electron chi connectivity index (χ3n) is 4.18. The fourth-order valence-electron chi connectivity index (χ4n) is 2.65. The number of nitrogens with zero attached hydrogens (tertiary/aromatic N) is 2. The second-order valence-corrected chi connectivity index (χ2v) is 7.08. The number of hydrogen-bond acceptors (Lipinski definition) is 8. The number of fused-ring (bicyclic) bond motifs is 1. The van der Waals surface area contributed by atoms with Crippen LogP contribution in [-0.4, -0.2) is 66.8 Å². The van der Waals surface area contributed by atoms with Gasteiger partial charge in [0.25, 0.3) is 5.91 Å². The molecule has 0 bridgehead atoms. The van der Waals surface area contributed by atoms with E-state index >= 15 is 0 Å². The number of carbonyl (C=O) groups excluding carboxylic acids is 1. The number of amides is 1. The van der Waals surface area contributed by atoms with Gasteiger partial charge in [-0.2, -0.15) is 0 Å². The van der Waals surface area contributed by atoms with Crippen LogP contribution in [0.15, 0.2) is 29.3 Å². The molecule has 29 heavy (non-hydrogen) atoms. The van der Waals surface area contributed by atoms with E-state index in [0.717, 1.165) is 30.0 Å². The van der Waals surface area contributed by atoms with E-state index in [2.05, 4.69) is 40.4 Å². The maximum atomic E-state index is 11.9. The summed E-state index contributed by atoms with van der Waals surface area (Å²) < 4.78 is 10.9. The highest BCUT2D eigenvalue weighted by molar-refractivity contribution is 7.80. The molecular formula is C20H30N4O4S. The summed E-state index contributed by atoms with van der Waals surface area (Å²) in [6.07, 6.45) is 2.75. The SMILES string of the molecule is CCCCCOCC(O)CNCCNC(=O)COc1nnc(S)c2ccccc12. The number of ether oxygens (including phenoxy) is 2. The minimum absolute atomic E-state index is 0.154. The minimum Gasteiger partial charge on any atom is -0.466 e. The molecule has 0 saturated carbocycles. The van der Waals surface area contributed by atoms with Crippen molar-refractivity contribution in [2.75, 3.05) is 39.5 Å². The Morgan fingerprint density at radius 1 is 1.21 bits per heavy atom. The summed E-state index contributed by atoms with van der Waals surface area (Å²) >= 11 is 4.28. The number of nitrogens with one attached hydrogen (secondary N) is 2. The van der Waals surface area contributed by atoms with Crippen LogP contribution in [0.4, 0.5) is 0 Å². The number of benzene rings is 1. The van der Waals surface area contributed by atoms with Crippen LogP contribution in [0.1, 0.15) is 26.2 Å². The number of unbranched alkanes of at least 4 members (excludes halogenated alkanes) is 2. The van der Waals surface area contributed by atoms with Crippen LogP contribution in [0.5, 0.6) is 5.88 Å². The monoisotopic (exact) mass is 422 g/mol. The second-order valence-electron chi connectivity index (χ2n) is 6.65. The highest BCUT2D eigenvalue weighted by Crippen LogP contribution is 2.25. The van der Waals surface area contributed by atoms with Crippen LogP contribution in [0.3, 0.4) is 0 Å². The first kappa shape index (κ1) is 23.3. The van der Waals surface area contributed by atoms with Gasteiger partial charge in [0.15, 0.2) is 6.61 Å². The van der Waals surface area contributed by atoms with E-state index in [1.54, 1.807) is 0 Å². The van der Waals surface area contributed by atoms with Crippen LogP contribution < -0.4 is 15.4 Å². The van der Waals surface area contributed by atoms with Gasteiger partial charge in [0.2, 0.25) is 5.88 Å². The summed E-state index contributed by atoms with van der Waals surface area (Å²) in [4.78, 5) is 11.9. The number of hydrogen-bond donors (Lipinski definition) is 4. The van der Waals surface area contributed by atoms with E-state index < -0.39 is 6.10 Å². The average Bonchev–Trinajstić information content (AvgIpc) is 2.73. The van der Waals surface area contributed by atoms with Crippen molar-refractivity contribution in [2.45, 2.75) is 37.3 Å². The molecule has 0 saturated heterocycles. The molecule has 1 aromatic heterocycles. The van der Waals surface area contributed by atoms with Crippen molar-refractivity contribution in [1.29, 1.82) is 0 Å². The first-order chi connectivity index (χ1) is 14.1. The average molecular weight is 423 g/mol. The number of thiol groups is 1. The van der Waals surface area contributed by atoms with Gasteiger partial charge < -0.3 is 25.2 Å². The Labute approximate surface area is 176 Å². The third-order valence-corrected chi connectivity index (χ3v) is 4.51. The number of aliphatic hydroxyl groups excluding tert-OH is 1. The van der Waals surface area contributed by atoms with Crippen LogP contribution in [-0.2, 0) is 9.53 Å². The molecule has 9 heteroatoms. The van der Waals surface area contributed by atoms with E-state index in [1.807, 2.05) is 24.3 Å².